The van der Waals surface area contributed by atoms with Gasteiger partial charge in [0, 0.05) is 0 Å². The Hall–Kier alpha value is -8.18. The predicted octanol–water partition coefficient (Wildman–Crippen LogP) is 14.9. The van der Waals surface area contributed by atoms with E-state index in [1.54, 1.807) is 0 Å². The first kappa shape index (κ1) is 40.1. The van der Waals surface area contributed by atoms with Crippen molar-refractivity contribution in [2.75, 3.05) is 9.80 Å². The number of rotatable bonds is 6. The summed E-state index contributed by atoms with van der Waals surface area (Å²) in [6.45, 7) is 4.98. The molecule has 3 heterocycles. The van der Waals surface area contributed by atoms with Crippen molar-refractivity contribution in [3.63, 3.8) is 0 Å². The molecule has 0 aliphatic carbocycles. The lowest BCUT2D eigenvalue weighted by Gasteiger charge is -2.48. The van der Waals surface area contributed by atoms with Crippen LogP contribution in [0.3, 0.4) is 0 Å². The van der Waals surface area contributed by atoms with Gasteiger partial charge in [-0.1, -0.05) is 231 Å². The van der Waals surface area contributed by atoms with Crippen molar-refractivity contribution in [3.8, 4) is 11.5 Å². The van der Waals surface area contributed by atoms with Crippen molar-refractivity contribution in [1.29, 1.82) is 0 Å². The van der Waals surface area contributed by atoms with Crippen molar-refractivity contribution in [2.24, 2.45) is 0 Å². The van der Waals surface area contributed by atoms with E-state index in [2.05, 4.69) is 278 Å². The Balaban J connectivity index is 1.03. The van der Waals surface area contributed by atoms with Gasteiger partial charge < -0.3 is 14.5 Å². The molecule has 3 nitrogen and oxygen atoms in total. The lowest BCUT2D eigenvalue weighted by atomic mass is 9.62. The number of ether oxygens (including phenoxy) is 1. The molecule has 3 aliphatic heterocycles. The molecule has 0 spiro atoms. The molecular formula is C64H48N2OSi. The Morgan fingerprint density at radius 3 is 0.824 bits per heavy atom. The van der Waals surface area contributed by atoms with E-state index in [0.29, 0.717) is 0 Å². The van der Waals surface area contributed by atoms with Gasteiger partial charge in [-0.3, -0.25) is 0 Å². The number of anilines is 6. The summed E-state index contributed by atoms with van der Waals surface area (Å²) in [5.74, 6) is 1.84. The van der Waals surface area contributed by atoms with Crippen LogP contribution in [-0.2, 0) is 10.8 Å². The van der Waals surface area contributed by atoms with Crippen molar-refractivity contribution in [2.45, 2.75) is 23.9 Å². The summed E-state index contributed by atoms with van der Waals surface area (Å²) >= 11 is 0. The zero-order valence-electron chi connectivity index (χ0n) is 38.1. The largest absolute Gasteiger partial charge is 0.453 e. The minimum atomic E-state index is -2.43. The van der Waals surface area contributed by atoms with Crippen LogP contribution in [0.5, 0.6) is 11.5 Å². The Labute approximate surface area is 399 Å². The van der Waals surface area contributed by atoms with E-state index in [9.17, 15) is 0 Å². The number of fused-ring (bicyclic) bond motifs is 6. The molecule has 324 valence electrons. The lowest BCUT2D eigenvalue weighted by molar-refractivity contribution is 0.488. The molecule has 0 saturated heterocycles. The molecule has 0 saturated carbocycles. The highest BCUT2D eigenvalue weighted by Gasteiger charge is 2.50. The van der Waals surface area contributed by atoms with E-state index < -0.39 is 18.9 Å². The molecular weight excluding hydrogens is 841 g/mol. The fraction of sp³-hybridized carbons (Fsp3) is 0.0625. The molecule has 0 aromatic heterocycles. The summed E-state index contributed by atoms with van der Waals surface area (Å²) < 4.78 is 7.74. The molecule has 0 amide bonds. The number of nitrogens with zero attached hydrogens (tertiary/aromatic N) is 2. The van der Waals surface area contributed by atoms with Gasteiger partial charge in [-0.05, 0) is 91.3 Å². The third kappa shape index (κ3) is 5.52. The number of hydrogen-bond donors (Lipinski definition) is 0. The van der Waals surface area contributed by atoms with Crippen molar-refractivity contribution >= 4 is 52.6 Å². The van der Waals surface area contributed by atoms with Gasteiger partial charge in [0.05, 0.1) is 45.0 Å². The summed E-state index contributed by atoms with van der Waals surface area (Å²) in [4.78, 5) is 4.95. The Bertz CT molecular complexity index is 3120. The van der Waals surface area contributed by atoms with E-state index in [1.807, 2.05) is 0 Å². The normalized spacial score (nSPS) is 15.3. The van der Waals surface area contributed by atoms with E-state index in [-0.39, 0.29) is 0 Å². The van der Waals surface area contributed by atoms with Gasteiger partial charge in [-0.25, -0.2) is 0 Å². The second-order valence-corrected chi connectivity index (χ2v) is 23.1. The Morgan fingerprint density at radius 2 is 0.529 bits per heavy atom. The van der Waals surface area contributed by atoms with Crippen LogP contribution < -0.4 is 24.9 Å². The van der Waals surface area contributed by atoms with Gasteiger partial charge in [-0.15, -0.1) is 0 Å². The van der Waals surface area contributed by atoms with Crippen LogP contribution in [-0.4, -0.2) is 8.07 Å². The SMILES string of the molecule is C[Si]1(C)c2cccc(N3c4ccccc4C(c4ccccc4)(c4ccccc4)c4ccccc43)c2Oc2c(N3c4ccccc4C(c4ccccc4)(c4ccccc4)c4ccccc43)cccc21. The fourth-order valence-corrected chi connectivity index (χ4v) is 15.0. The topological polar surface area (TPSA) is 15.7 Å². The molecule has 13 rings (SSSR count). The monoisotopic (exact) mass is 888 g/mol. The number of para-hydroxylation sites is 6. The van der Waals surface area contributed by atoms with E-state index in [1.165, 1.54) is 54.9 Å². The van der Waals surface area contributed by atoms with Gasteiger partial charge in [-0.2, -0.15) is 0 Å². The number of benzene rings is 10. The highest BCUT2D eigenvalue weighted by Crippen LogP contribution is 2.61. The molecule has 0 N–H and O–H groups in total. The second-order valence-electron chi connectivity index (χ2n) is 18.7. The Kier molecular flexibility index (Phi) is 9.11. The maximum Gasteiger partial charge on any atom is 0.151 e. The van der Waals surface area contributed by atoms with Crippen LogP contribution in [0, 0.1) is 0 Å². The standard InChI is InChI=1S/C64H48N2OSi/c1-68(2)59-43-23-41-57(65-53-37-19-15-33-49(53)63(45-25-7-3-8-26-45,46-27-9-4-10-28-46)50-34-16-20-38-54(50)65)61(59)67-62-58(42-24-44-60(62)68)66-55-39-21-17-35-51(55)64(47-29-11-5-12-30-47,48-31-13-6-14-32-48)52-36-18-22-40-56(52)66/h3-44H,1-2H3. The molecule has 0 unspecified atom stereocenters. The molecule has 0 radical (unpaired) electrons. The van der Waals surface area contributed by atoms with Gasteiger partial charge >= 0.3 is 0 Å². The van der Waals surface area contributed by atoms with Crippen LogP contribution in [0.25, 0.3) is 0 Å². The minimum Gasteiger partial charge on any atom is -0.453 e. The third-order valence-electron chi connectivity index (χ3n) is 15.0. The highest BCUT2D eigenvalue weighted by atomic mass is 28.3. The van der Waals surface area contributed by atoms with Crippen LogP contribution in [0.2, 0.25) is 13.1 Å². The zero-order valence-corrected chi connectivity index (χ0v) is 39.1. The summed E-state index contributed by atoms with van der Waals surface area (Å²) in [5.41, 5.74) is 15.3. The predicted molar refractivity (Wildman–Crippen MR) is 283 cm³/mol. The molecule has 0 bridgehead atoms. The molecule has 10 aromatic rings. The maximum absolute atomic E-state index is 7.74. The minimum absolute atomic E-state index is 0.570. The van der Waals surface area contributed by atoms with Gasteiger partial charge in [0.1, 0.15) is 8.07 Å². The van der Waals surface area contributed by atoms with Crippen molar-refractivity contribution < 1.29 is 4.74 Å². The van der Waals surface area contributed by atoms with Crippen LogP contribution in [0.1, 0.15) is 44.5 Å². The summed E-state index contributed by atoms with van der Waals surface area (Å²) in [5, 5.41) is 2.56. The third-order valence-corrected chi connectivity index (χ3v) is 18.5. The quantitative estimate of drug-likeness (QED) is 0.155. The molecule has 68 heavy (non-hydrogen) atoms. The summed E-state index contributed by atoms with van der Waals surface area (Å²) in [6, 6.07) is 93.8. The van der Waals surface area contributed by atoms with Crippen molar-refractivity contribution in [1.82, 2.24) is 0 Å². The van der Waals surface area contributed by atoms with E-state index in [4.69, 9.17) is 4.74 Å². The number of hydrogen-bond acceptors (Lipinski definition) is 3. The Morgan fingerprint density at radius 1 is 0.279 bits per heavy atom. The lowest BCUT2D eigenvalue weighted by Crippen LogP contribution is -2.56. The van der Waals surface area contributed by atoms with Gasteiger partial charge in [0.2, 0.25) is 0 Å². The zero-order chi connectivity index (χ0) is 45.5. The maximum atomic E-state index is 7.74. The molecule has 4 heteroatoms. The molecule has 3 aliphatic rings. The van der Waals surface area contributed by atoms with Gasteiger partial charge in [0.25, 0.3) is 0 Å². The second kappa shape index (κ2) is 15.4. The van der Waals surface area contributed by atoms with Crippen LogP contribution >= 0.6 is 0 Å². The molecule has 0 fully saturated rings. The van der Waals surface area contributed by atoms with Crippen molar-refractivity contribution in [3.05, 3.63) is 299 Å². The average Bonchev–Trinajstić information content (AvgIpc) is 3.40. The van der Waals surface area contributed by atoms with Crippen LogP contribution in [0.4, 0.5) is 34.1 Å². The first-order valence-corrected chi connectivity index (χ1v) is 26.7. The average molecular weight is 889 g/mol. The van der Waals surface area contributed by atoms with E-state index >= 15 is 0 Å². The molecule has 10 aromatic carbocycles. The van der Waals surface area contributed by atoms with Gasteiger partial charge in [0.15, 0.2) is 11.5 Å². The van der Waals surface area contributed by atoms with E-state index in [0.717, 1.165) is 45.6 Å². The summed E-state index contributed by atoms with van der Waals surface area (Å²) in [7, 11) is -2.43. The first-order valence-electron chi connectivity index (χ1n) is 23.7. The highest BCUT2D eigenvalue weighted by molar-refractivity contribution is 7.02. The van der Waals surface area contributed by atoms with Crippen LogP contribution in [0.15, 0.2) is 255 Å². The first-order chi connectivity index (χ1) is 33.5. The molecule has 0 atom stereocenters. The smallest absolute Gasteiger partial charge is 0.151 e. The summed E-state index contributed by atoms with van der Waals surface area (Å²) in [6.07, 6.45) is 0. The fourth-order valence-electron chi connectivity index (χ4n) is 12.2.